The summed E-state index contributed by atoms with van der Waals surface area (Å²) in [6.45, 7) is 3.36. The molecule has 2 aliphatic rings. The Morgan fingerprint density at radius 1 is 1.00 bits per heavy atom. The third kappa shape index (κ3) is 5.47. The summed E-state index contributed by atoms with van der Waals surface area (Å²) in [6.07, 6.45) is 15.1. The smallest absolute Gasteiger partial charge is 0.251 e. The first-order valence-corrected chi connectivity index (χ1v) is 12.2. The molecule has 7 heteroatoms. The fraction of sp³-hybridized carbons (Fsp3) is 0.462. The third-order valence-corrected chi connectivity index (χ3v) is 6.96. The largest absolute Gasteiger partial charge is 0.349 e. The first kappa shape index (κ1) is 21.8. The SMILES string of the molecule is O=C(NC1CCC(n2cc(-c3ccncn3)cn2)CC1)c1ccc(CN2CCCCC2)cc1. The molecule has 1 saturated carbocycles. The van der Waals surface area contributed by atoms with Crippen molar-refractivity contribution in [3.63, 3.8) is 0 Å². The summed E-state index contributed by atoms with van der Waals surface area (Å²) < 4.78 is 2.05. The molecular weight excluding hydrogens is 412 g/mol. The van der Waals surface area contributed by atoms with E-state index in [0.717, 1.165) is 49.0 Å². The van der Waals surface area contributed by atoms with E-state index in [1.165, 1.54) is 37.9 Å². The van der Waals surface area contributed by atoms with Gasteiger partial charge in [-0.15, -0.1) is 0 Å². The van der Waals surface area contributed by atoms with Crippen molar-refractivity contribution in [3.8, 4) is 11.3 Å². The van der Waals surface area contributed by atoms with Crippen LogP contribution < -0.4 is 5.32 Å². The summed E-state index contributed by atoms with van der Waals surface area (Å²) in [4.78, 5) is 23.6. The molecule has 1 saturated heterocycles. The molecule has 1 aromatic carbocycles. The van der Waals surface area contributed by atoms with E-state index in [4.69, 9.17) is 0 Å². The minimum absolute atomic E-state index is 0.0353. The van der Waals surface area contributed by atoms with Crippen LogP contribution in [0.3, 0.4) is 0 Å². The number of aromatic nitrogens is 4. The lowest BCUT2D eigenvalue weighted by Crippen LogP contribution is -2.38. The predicted molar refractivity (Wildman–Crippen MR) is 128 cm³/mol. The van der Waals surface area contributed by atoms with E-state index >= 15 is 0 Å². The van der Waals surface area contributed by atoms with Gasteiger partial charge in [0.2, 0.25) is 0 Å². The number of piperidine rings is 1. The maximum Gasteiger partial charge on any atom is 0.251 e. The monoisotopic (exact) mass is 444 g/mol. The molecule has 1 amide bonds. The van der Waals surface area contributed by atoms with Gasteiger partial charge in [-0.05, 0) is 75.4 Å². The van der Waals surface area contributed by atoms with Crippen LogP contribution in [-0.2, 0) is 6.54 Å². The Kier molecular flexibility index (Phi) is 6.76. The number of hydrogen-bond acceptors (Lipinski definition) is 5. The Balaban J connectivity index is 1.11. The fourth-order valence-electron chi connectivity index (χ4n) is 5.02. The zero-order valence-corrected chi connectivity index (χ0v) is 19.1. The molecule has 0 bridgehead atoms. The van der Waals surface area contributed by atoms with Crippen LogP contribution in [0.1, 0.15) is 66.9 Å². The van der Waals surface area contributed by atoms with Crippen LogP contribution in [0.15, 0.2) is 55.2 Å². The number of amides is 1. The van der Waals surface area contributed by atoms with Crippen LogP contribution in [0.25, 0.3) is 11.3 Å². The first-order chi connectivity index (χ1) is 16.2. The van der Waals surface area contributed by atoms with Gasteiger partial charge >= 0.3 is 0 Å². The Bertz CT molecular complexity index is 1030. The summed E-state index contributed by atoms with van der Waals surface area (Å²) >= 11 is 0. The van der Waals surface area contributed by atoms with E-state index in [1.807, 2.05) is 24.4 Å². The minimum atomic E-state index is 0.0353. The highest BCUT2D eigenvalue weighted by atomic mass is 16.1. The van der Waals surface area contributed by atoms with Crippen LogP contribution in [0.2, 0.25) is 0 Å². The normalized spacial score (nSPS) is 21.6. The van der Waals surface area contributed by atoms with Crippen LogP contribution in [0.4, 0.5) is 0 Å². The number of nitrogens with one attached hydrogen (secondary N) is 1. The van der Waals surface area contributed by atoms with Gasteiger partial charge in [0.15, 0.2) is 0 Å². The van der Waals surface area contributed by atoms with Gasteiger partial charge in [0.1, 0.15) is 6.33 Å². The molecule has 1 aliphatic carbocycles. The Hall–Kier alpha value is -3.06. The summed E-state index contributed by atoms with van der Waals surface area (Å²) in [5.74, 6) is 0.0353. The number of carbonyl (C=O) groups excluding carboxylic acids is 1. The number of nitrogens with zero attached hydrogens (tertiary/aromatic N) is 5. The van der Waals surface area contributed by atoms with Gasteiger partial charge in [-0.25, -0.2) is 9.97 Å². The summed E-state index contributed by atoms with van der Waals surface area (Å²) in [6, 6.07) is 10.6. The second-order valence-electron chi connectivity index (χ2n) is 9.32. The molecule has 2 aromatic heterocycles. The Morgan fingerprint density at radius 3 is 2.52 bits per heavy atom. The average molecular weight is 445 g/mol. The number of likely N-dealkylation sites (tertiary alicyclic amines) is 1. The van der Waals surface area contributed by atoms with Crippen molar-refractivity contribution in [1.29, 1.82) is 0 Å². The molecule has 0 atom stereocenters. The minimum Gasteiger partial charge on any atom is -0.349 e. The van der Waals surface area contributed by atoms with Crippen LogP contribution in [-0.4, -0.2) is 49.7 Å². The standard InChI is InChI=1S/C26H32N6O/c33-26(21-6-4-20(5-7-21)17-31-14-2-1-3-15-31)30-23-8-10-24(11-9-23)32-18-22(16-29-32)25-12-13-27-19-28-25/h4-7,12-13,16,18-19,23-24H,1-3,8-11,14-15,17H2,(H,30,33). The summed E-state index contributed by atoms with van der Waals surface area (Å²) in [5, 5.41) is 7.81. The Labute approximate surface area is 195 Å². The molecule has 7 nitrogen and oxygen atoms in total. The molecule has 33 heavy (non-hydrogen) atoms. The van der Waals surface area contributed by atoms with Crippen molar-refractivity contribution in [3.05, 3.63) is 66.4 Å². The molecule has 2 fully saturated rings. The van der Waals surface area contributed by atoms with Crippen molar-refractivity contribution < 1.29 is 4.79 Å². The molecule has 3 aromatic rings. The molecule has 1 aliphatic heterocycles. The van der Waals surface area contributed by atoms with Gasteiger partial charge in [-0.2, -0.15) is 5.10 Å². The summed E-state index contributed by atoms with van der Waals surface area (Å²) in [5.41, 5.74) is 3.94. The predicted octanol–water partition coefficient (Wildman–Crippen LogP) is 4.24. The van der Waals surface area contributed by atoms with Crippen LogP contribution in [0, 0.1) is 0 Å². The third-order valence-electron chi connectivity index (χ3n) is 6.96. The number of benzene rings is 1. The molecular formula is C26H32N6O. The van der Waals surface area contributed by atoms with E-state index in [9.17, 15) is 4.79 Å². The van der Waals surface area contributed by atoms with E-state index < -0.39 is 0 Å². The van der Waals surface area contributed by atoms with Gasteiger partial charge in [0, 0.05) is 36.1 Å². The molecule has 172 valence electrons. The topological polar surface area (TPSA) is 75.9 Å². The second-order valence-corrected chi connectivity index (χ2v) is 9.32. The van der Waals surface area contributed by atoms with Gasteiger partial charge in [-0.3, -0.25) is 14.4 Å². The highest BCUT2D eigenvalue weighted by Crippen LogP contribution is 2.29. The van der Waals surface area contributed by atoms with E-state index in [1.54, 1.807) is 12.5 Å². The molecule has 0 radical (unpaired) electrons. The quantitative estimate of drug-likeness (QED) is 0.615. The van der Waals surface area contributed by atoms with E-state index in [-0.39, 0.29) is 11.9 Å². The molecule has 0 spiro atoms. The van der Waals surface area contributed by atoms with Crippen molar-refractivity contribution >= 4 is 5.91 Å². The van der Waals surface area contributed by atoms with Gasteiger partial charge in [0.05, 0.1) is 17.9 Å². The van der Waals surface area contributed by atoms with Gasteiger partial charge in [-0.1, -0.05) is 18.6 Å². The van der Waals surface area contributed by atoms with Crippen LogP contribution in [0.5, 0.6) is 0 Å². The highest BCUT2D eigenvalue weighted by Gasteiger charge is 2.24. The van der Waals surface area contributed by atoms with Crippen molar-refractivity contribution in [2.75, 3.05) is 13.1 Å². The fourth-order valence-corrected chi connectivity index (χ4v) is 5.02. The Morgan fingerprint density at radius 2 is 1.79 bits per heavy atom. The van der Waals surface area contributed by atoms with Crippen molar-refractivity contribution in [1.82, 2.24) is 30.0 Å². The number of hydrogen-bond donors (Lipinski definition) is 1. The second kappa shape index (κ2) is 10.3. The lowest BCUT2D eigenvalue weighted by atomic mass is 9.91. The number of carbonyl (C=O) groups is 1. The van der Waals surface area contributed by atoms with Gasteiger partial charge < -0.3 is 5.32 Å². The average Bonchev–Trinajstić information content (AvgIpc) is 3.37. The lowest BCUT2D eigenvalue weighted by Gasteiger charge is -2.29. The van der Waals surface area contributed by atoms with Crippen molar-refractivity contribution in [2.45, 2.75) is 63.6 Å². The molecule has 3 heterocycles. The zero-order chi connectivity index (χ0) is 22.5. The van der Waals surface area contributed by atoms with E-state index in [2.05, 4.69) is 48.3 Å². The van der Waals surface area contributed by atoms with E-state index in [0.29, 0.717) is 6.04 Å². The zero-order valence-electron chi connectivity index (χ0n) is 19.1. The molecule has 1 N–H and O–H groups in total. The van der Waals surface area contributed by atoms with Crippen LogP contribution >= 0.6 is 0 Å². The maximum absolute atomic E-state index is 12.8. The van der Waals surface area contributed by atoms with Gasteiger partial charge in [0.25, 0.3) is 5.91 Å². The maximum atomic E-state index is 12.8. The first-order valence-electron chi connectivity index (χ1n) is 12.2. The molecule has 0 unspecified atom stereocenters. The molecule has 5 rings (SSSR count). The highest BCUT2D eigenvalue weighted by molar-refractivity contribution is 5.94. The summed E-state index contributed by atoms with van der Waals surface area (Å²) in [7, 11) is 0. The number of rotatable bonds is 6. The van der Waals surface area contributed by atoms with Crippen molar-refractivity contribution in [2.24, 2.45) is 0 Å². The lowest BCUT2D eigenvalue weighted by molar-refractivity contribution is 0.0921.